The van der Waals surface area contributed by atoms with Gasteiger partial charge in [0.05, 0.1) is 12.0 Å². The van der Waals surface area contributed by atoms with Gasteiger partial charge in [0.2, 0.25) is 0 Å². The lowest BCUT2D eigenvalue weighted by molar-refractivity contribution is 1.03. The standard InChI is InChI=1S/C10H10.C5H8N2/c1-2-3-7-10-8-5-4-6-9-10;1-4-5(2)7-3-6-4/h1,4-6,8-9H,3,7H2;3H,1-2H3,(H,6,7). The lowest BCUT2D eigenvalue weighted by atomic mass is 10.1. The molecule has 1 heterocycles. The number of nitrogens with zero attached hydrogens (tertiary/aromatic N) is 1. The number of aromatic amines is 1. The molecule has 0 radical (unpaired) electrons. The topological polar surface area (TPSA) is 28.7 Å². The zero-order valence-corrected chi connectivity index (χ0v) is 10.4. The average molecular weight is 226 g/mol. The molecule has 0 aliphatic rings. The second-order valence-electron chi connectivity index (χ2n) is 3.80. The van der Waals surface area contributed by atoms with E-state index >= 15 is 0 Å². The highest BCUT2D eigenvalue weighted by Crippen LogP contribution is 2.00. The van der Waals surface area contributed by atoms with Crippen molar-refractivity contribution in [3.05, 3.63) is 53.6 Å². The molecule has 0 saturated heterocycles. The van der Waals surface area contributed by atoms with Gasteiger partial charge in [0.15, 0.2) is 0 Å². The van der Waals surface area contributed by atoms with Crippen LogP contribution >= 0.6 is 0 Å². The van der Waals surface area contributed by atoms with Crippen LogP contribution in [-0.2, 0) is 6.42 Å². The zero-order valence-electron chi connectivity index (χ0n) is 10.4. The van der Waals surface area contributed by atoms with Crippen molar-refractivity contribution in [3.8, 4) is 12.3 Å². The highest BCUT2D eigenvalue weighted by atomic mass is 14.9. The smallest absolute Gasteiger partial charge is 0.0925 e. The number of benzene rings is 1. The van der Waals surface area contributed by atoms with Crippen LogP contribution < -0.4 is 0 Å². The molecule has 1 N–H and O–H groups in total. The lowest BCUT2D eigenvalue weighted by Crippen LogP contribution is -1.80. The molecule has 0 saturated carbocycles. The van der Waals surface area contributed by atoms with Crippen LogP contribution in [0.25, 0.3) is 0 Å². The first-order chi connectivity index (χ1) is 8.24. The van der Waals surface area contributed by atoms with Gasteiger partial charge in [0, 0.05) is 12.1 Å². The summed E-state index contributed by atoms with van der Waals surface area (Å²) in [6.07, 6.45) is 8.66. The van der Waals surface area contributed by atoms with Crippen molar-refractivity contribution in [2.75, 3.05) is 0 Å². The number of aryl methyl sites for hydroxylation is 3. The Morgan fingerprint density at radius 3 is 2.35 bits per heavy atom. The fourth-order valence-electron chi connectivity index (χ4n) is 1.29. The van der Waals surface area contributed by atoms with Gasteiger partial charge in [0.25, 0.3) is 0 Å². The molecule has 2 aromatic rings. The lowest BCUT2D eigenvalue weighted by Gasteiger charge is -1.93. The summed E-state index contributed by atoms with van der Waals surface area (Å²) in [7, 11) is 0. The molecule has 0 atom stereocenters. The number of nitrogens with one attached hydrogen (secondary N) is 1. The summed E-state index contributed by atoms with van der Waals surface area (Å²) >= 11 is 0. The van der Waals surface area contributed by atoms with E-state index < -0.39 is 0 Å². The Balaban J connectivity index is 0.000000181. The molecule has 2 rings (SSSR count). The maximum Gasteiger partial charge on any atom is 0.0925 e. The quantitative estimate of drug-likeness (QED) is 0.782. The number of rotatable bonds is 2. The molecule has 2 nitrogen and oxygen atoms in total. The van der Waals surface area contributed by atoms with E-state index in [1.54, 1.807) is 6.33 Å². The number of aromatic nitrogens is 2. The van der Waals surface area contributed by atoms with Gasteiger partial charge in [-0.3, -0.25) is 0 Å². The van der Waals surface area contributed by atoms with Crippen LogP contribution in [0.15, 0.2) is 36.7 Å². The molecule has 88 valence electrons. The van der Waals surface area contributed by atoms with E-state index in [0.717, 1.165) is 24.2 Å². The van der Waals surface area contributed by atoms with Crippen molar-refractivity contribution in [1.82, 2.24) is 9.97 Å². The van der Waals surface area contributed by atoms with Crippen LogP contribution in [0.3, 0.4) is 0 Å². The van der Waals surface area contributed by atoms with E-state index in [4.69, 9.17) is 6.42 Å². The molecule has 0 spiro atoms. The minimum absolute atomic E-state index is 0.837. The van der Waals surface area contributed by atoms with Gasteiger partial charge >= 0.3 is 0 Å². The fraction of sp³-hybridized carbons (Fsp3) is 0.267. The van der Waals surface area contributed by atoms with Crippen LogP contribution in [0.5, 0.6) is 0 Å². The number of hydrogen-bond acceptors (Lipinski definition) is 1. The van der Waals surface area contributed by atoms with Crippen LogP contribution in [0.2, 0.25) is 0 Å². The third kappa shape index (κ3) is 5.03. The summed E-state index contributed by atoms with van der Waals surface area (Å²) in [6, 6.07) is 10.3. The van der Waals surface area contributed by atoms with Gasteiger partial charge in [-0.15, -0.1) is 12.3 Å². The Morgan fingerprint density at radius 1 is 1.24 bits per heavy atom. The van der Waals surface area contributed by atoms with Crippen LogP contribution in [0, 0.1) is 26.2 Å². The van der Waals surface area contributed by atoms with Crippen molar-refractivity contribution in [2.24, 2.45) is 0 Å². The van der Waals surface area contributed by atoms with E-state index in [1.165, 1.54) is 5.56 Å². The molecule has 1 aromatic carbocycles. The number of terminal acetylenes is 1. The number of H-pyrrole nitrogens is 1. The molecule has 0 unspecified atom stereocenters. The minimum Gasteiger partial charge on any atom is -0.348 e. The van der Waals surface area contributed by atoms with Crippen molar-refractivity contribution < 1.29 is 0 Å². The number of hydrogen-bond donors (Lipinski definition) is 1. The predicted molar refractivity (Wildman–Crippen MR) is 71.7 cm³/mol. The molecule has 0 aliphatic heterocycles. The summed E-state index contributed by atoms with van der Waals surface area (Å²) in [5.41, 5.74) is 3.56. The van der Waals surface area contributed by atoms with Gasteiger partial charge in [-0.25, -0.2) is 4.98 Å². The largest absolute Gasteiger partial charge is 0.348 e. The molecular formula is C15H18N2. The summed E-state index contributed by atoms with van der Waals surface area (Å²) in [4.78, 5) is 6.92. The summed E-state index contributed by atoms with van der Waals surface area (Å²) in [5, 5.41) is 0. The van der Waals surface area contributed by atoms with Crippen LogP contribution in [0.4, 0.5) is 0 Å². The van der Waals surface area contributed by atoms with E-state index in [1.807, 2.05) is 32.0 Å². The minimum atomic E-state index is 0.837. The summed E-state index contributed by atoms with van der Waals surface area (Å²) in [5.74, 6) is 2.62. The van der Waals surface area contributed by atoms with Gasteiger partial charge in [-0.2, -0.15) is 0 Å². The van der Waals surface area contributed by atoms with Crippen molar-refractivity contribution in [3.63, 3.8) is 0 Å². The molecule has 0 amide bonds. The summed E-state index contributed by atoms with van der Waals surface area (Å²) in [6.45, 7) is 3.98. The van der Waals surface area contributed by atoms with Crippen LogP contribution in [0.1, 0.15) is 23.4 Å². The predicted octanol–water partition coefficient (Wildman–Crippen LogP) is 3.28. The van der Waals surface area contributed by atoms with Crippen LogP contribution in [-0.4, -0.2) is 9.97 Å². The molecular weight excluding hydrogens is 208 g/mol. The van der Waals surface area contributed by atoms with E-state index in [-0.39, 0.29) is 0 Å². The van der Waals surface area contributed by atoms with E-state index in [9.17, 15) is 0 Å². The first kappa shape index (κ1) is 13.1. The molecule has 1 aromatic heterocycles. The Kier molecular flexibility index (Phi) is 5.60. The Morgan fingerprint density at radius 2 is 1.94 bits per heavy atom. The third-order valence-corrected chi connectivity index (χ3v) is 2.48. The molecule has 0 bridgehead atoms. The average Bonchev–Trinajstić information content (AvgIpc) is 2.73. The van der Waals surface area contributed by atoms with Crippen molar-refractivity contribution in [1.29, 1.82) is 0 Å². The Hall–Kier alpha value is -2.01. The Bertz CT molecular complexity index is 447. The van der Waals surface area contributed by atoms with Gasteiger partial charge in [0.1, 0.15) is 0 Å². The first-order valence-corrected chi connectivity index (χ1v) is 5.68. The number of imidazole rings is 1. The maximum absolute atomic E-state index is 5.13. The van der Waals surface area contributed by atoms with E-state index in [2.05, 4.69) is 28.0 Å². The fourth-order valence-corrected chi connectivity index (χ4v) is 1.29. The maximum atomic E-state index is 5.13. The SMILES string of the molecule is C#CCCc1ccccc1.Cc1nc[nH]c1C. The second-order valence-corrected chi connectivity index (χ2v) is 3.80. The highest BCUT2D eigenvalue weighted by molar-refractivity contribution is 5.15. The second kappa shape index (κ2) is 7.29. The highest BCUT2D eigenvalue weighted by Gasteiger charge is 1.87. The third-order valence-electron chi connectivity index (χ3n) is 2.48. The molecule has 2 heteroatoms. The Labute approximate surface area is 103 Å². The van der Waals surface area contributed by atoms with E-state index in [0.29, 0.717) is 0 Å². The molecule has 0 aliphatic carbocycles. The van der Waals surface area contributed by atoms with Gasteiger partial charge in [-0.05, 0) is 25.8 Å². The normalized spacial score (nSPS) is 9.00. The van der Waals surface area contributed by atoms with Crippen molar-refractivity contribution >= 4 is 0 Å². The zero-order chi connectivity index (χ0) is 12.5. The molecule has 0 fully saturated rings. The molecule has 17 heavy (non-hydrogen) atoms. The van der Waals surface area contributed by atoms with Crippen molar-refractivity contribution in [2.45, 2.75) is 26.7 Å². The van der Waals surface area contributed by atoms with Gasteiger partial charge < -0.3 is 4.98 Å². The van der Waals surface area contributed by atoms with Gasteiger partial charge in [-0.1, -0.05) is 30.3 Å². The summed E-state index contributed by atoms with van der Waals surface area (Å²) < 4.78 is 0. The first-order valence-electron chi connectivity index (χ1n) is 5.68. The monoisotopic (exact) mass is 226 g/mol.